The molecule has 1 amide bonds. The molecule has 1 aliphatic rings. The maximum absolute atomic E-state index is 11.9. The molecule has 4 nitrogen and oxygen atoms in total. The van der Waals surface area contributed by atoms with E-state index in [-0.39, 0.29) is 11.3 Å². The van der Waals surface area contributed by atoms with Gasteiger partial charge in [-0.3, -0.25) is 4.79 Å². The van der Waals surface area contributed by atoms with Gasteiger partial charge in [0.2, 0.25) is 5.91 Å². The highest BCUT2D eigenvalue weighted by atomic mass is 35.5. The van der Waals surface area contributed by atoms with Crippen molar-refractivity contribution in [1.29, 1.82) is 0 Å². The van der Waals surface area contributed by atoms with Crippen LogP contribution in [-0.4, -0.2) is 10.9 Å². The fourth-order valence-electron chi connectivity index (χ4n) is 2.39. The minimum absolute atomic E-state index is 0.0649. The maximum atomic E-state index is 11.9. The Balaban J connectivity index is 1.86. The number of nitrogens with zero attached hydrogens (tertiary/aromatic N) is 1. The molecule has 0 fully saturated rings. The molecule has 108 valence electrons. The maximum Gasteiger partial charge on any atom is 0.230 e. The lowest BCUT2D eigenvalue weighted by Crippen LogP contribution is -2.37. The van der Waals surface area contributed by atoms with Crippen LogP contribution in [0.25, 0.3) is 0 Å². The number of pyridine rings is 1. The number of benzene rings is 1. The number of fused-ring (bicyclic) bond motifs is 1. The summed E-state index contributed by atoms with van der Waals surface area (Å²) in [6.07, 6.45) is 2.32. The van der Waals surface area contributed by atoms with Crippen LogP contribution in [0.4, 0.5) is 17.2 Å². The quantitative estimate of drug-likeness (QED) is 0.881. The van der Waals surface area contributed by atoms with E-state index in [0.29, 0.717) is 5.02 Å². The zero-order valence-electron chi connectivity index (χ0n) is 11.9. The van der Waals surface area contributed by atoms with Crippen molar-refractivity contribution >= 4 is 34.7 Å². The van der Waals surface area contributed by atoms with Gasteiger partial charge in [0.1, 0.15) is 5.82 Å². The Morgan fingerprint density at radius 3 is 2.81 bits per heavy atom. The van der Waals surface area contributed by atoms with E-state index in [0.717, 1.165) is 29.2 Å². The van der Waals surface area contributed by atoms with Gasteiger partial charge in [-0.15, -0.1) is 0 Å². The van der Waals surface area contributed by atoms with E-state index < -0.39 is 0 Å². The molecule has 3 rings (SSSR count). The summed E-state index contributed by atoms with van der Waals surface area (Å²) in [6, 6.07) is 9.51. The number of hydrogen-bond donors (Lipinski definition) is 2. The molecule has 2 N–H and O–H groups in total. The lowest BCUT2D eigenvalue weighted by atomic mass is 9.81. The van der Waals surface area contributed by atoms with Crippen LogP contribution >= 0.6 is 11.6 Å². The predicted molar refractivity (Wildman–Crippen MR) is 85.1 cm³/mol. The first-order chi connectivity index (χ1) is 9.94. The lowest BCUT2D eigenvalue weighted by molar-refractivity contribution is -0.124. The van der Waals surface area contributed by atoms with Gasteiger partial charge in [0.25, 0.3) is 0 Å². The van der Waals surface area contributed by atoms with Crippen molar-refractivity contribution in [2.45, 2.75) is 20.3 Å². The molecule has 0 spiro atoms. The number of halogens is 1. The summed E-state index contributed by atoms with van der Waals surface area (Å²) in [6.45, 7) is 3.90. The average molecular weight is 302 g/mol. The highest BCUT2D eigenvalue weighted by molar-refractivity contribution is 6.30. The number of anilines is 3. The molecule has 5 heteroatoms. The third-order valence-electron chi connectivity index (χ3n) is 3.60. The molecule has 1 aromatic heterocycles. The van der Waals surface area contributed by atoms with Crippen LogP contribution in [0.1, 0.15) is 19.4 Å². The molecule has 0 radical (unpaired) electrons. The van der Waals surface area contributed by atoms with E-state index in [1.165, 1.54) is 0 Å². The Bertz CT molecular complexity index is 695. The monoisotopic (exact) mass is 301 g/mol. The van der Waals surface area contributed by atoms with Gasteiger partial charge >= 0.3 is 0 Å². The summed E-state index contributed by atoms with van der Waals surface area (Å²) in [5.74, 6) is 0.800. The number of carbonyl (C=O) groups excluding carboxylic acids is 1. The predicted octanol–water partition coefficient (Wildman–Crippen LogP) is 4.00. The molecule has 2 heterocycles. The van der Waals surface area contributed by atoms with Crippen LogP contribution in [0, 0.1) is 5.41 Å². The summed E-state index contributed by atoms with van der Waals surface area (Å²) in [5, 5.41) is 6.79. The van der Waals surface area contributed by atoms with Gasteiger partial charge in [-0.2, -0.15) is 0 Å². The van der Waals surface area contributed by atoms with Gasteiger partial charge in [-0.05, 0) is 42.3 Å². The second-order valence-corrected chi connectivity index (χ2v) is 6.31. The van der Waals surface area contributed by atoms with Gasteiger partial charge in [0.15, 0.2) is 0 Å². The lowest BCUT2D eigenvalue weighted by Gasteiger charge is -2.30. The van der Waals surface area contributed by atoms with Crippen molar-refractivity contribution in [3.05, 3.63) is 47.1 Å². The van der Waals surface area contributed by atoms with E-state index in [9.17, 15) is 4.79 Å². The number of amides is 1. The average Bonchev–Trinajstić information content (AvgIpc) is 2.43. The van der Waals surface area contributed by atoms with Crippen LogP contribution in [0.5, 0.6) is 0 Å². The standard InChI is InChI=1S/C16H16ClN3O/c1-16(2)8-10-7-12(4-5-13(10)20-15(16)21)19-14-6-3-11(17)9-18-14/h3-7,9H,8H2,1-2H3,(H,18,19)(H,20,21). The summed E-state index contributed by atoms with van der Waals surface area (Å²) < 4.78 is 0. The van der Waals surface area contributed by atoms with E-state index >= 15 is 0 Å². The molecule has 0 atom stereocenters. The highest BCUT2D eigenvalue weighted by Gasteiger charge is 2.33. The molecule has 0 aliphatic carbocycles. The van der Waals surface area contributed by atoms with Crippen molar-refractivity contribution in [3.63, 3.8) is 0 Å². The Morgan fingerprint density at radius 2 is 2.10 bits per heavy atom. The fraction of sp³-hybridized carbons (Fsp3) is 0.250. The topological polar surface area (TPSA) is 54.0 Å². The molecule has 1 aromatic carbocycles. The smallest absolute Gasteiger partial charge is 0.230 e. The molecular formula is C16H16ClN3O. The largest absolute Gasteiger partial charge is 0.340 e. The Morgan fingerprint density at radius 1 is 1.29 bits per heavy atom. The molecule has 0 saturated carbocycles. The summed E-state index contributed by atoms with van der Waals surface area (Å²) >= 11 is 5.82. The third kappa shape index (κ3) is 2.85. The fourth-order valence-corrected chi connectivity index (χ4v) is 2.50. The first-order valence-electron chi connectivity index (χ1n) is 6.77. The van der Waals surface area contributed by atoms with Crippen molar-refractivity contribution < 1.29 is 4.79 Å². The van der Waals surface area contributed by atoms with Gasteiger partial charge in [-0.1, -0.05) is 25.4 Å². The molecule has 1 aliphatic heterocycles. The summed E-state index contributed by atoms with van der Waals surface area (Å²) in [7, 11) is 0. The number of carbonyl (C=O) groups is 1. The zero-order valence-corrected chi connectivity index (χ0v) is 12.7. The van der Waals surface area contributed by atoms with Gasteiger partial charge in [0.05, 0.1) is 5.02 Å². The third-order valence-corrected chi connectivity index (χ3v) is 3.82. The molecule has 21 heavy (non-hydrogen) atoms. The zero-order chi connectivity index (χ0) is 15.0. The van der Waals surface area contributed by atoms with Crippen molar-refractivity contribution in [3.8, 4) is 0 Å². The molecule has 0 saturated heterocycles. The van der Waals surface area contributed by atoms with E-state index in [4.69, 9.17) is 11.6 Å². The van der Waals surface area contributed by atoms with Gasteiger partial charge in [-0.25, -0.2) is 4.98 Å². The number of nitrogens with one attached hydrogen (secondary N) is 2. The normalized spacial score (nSPS) is 16.0. The molecule has 0 bridgehead atoms. The van der Waals surface area contributed by atoms with Crippen LogP contribution in [0.3, 0.4) is 0 Å². The van der Waals surface area contributed by atoms with Crippen LogP contribution in [-0.2, 0) is 11.2 Å². The van der Waals surface area contributed by atoms with Gasteiger partial charge in [0, 0.05) is 23.0 Å². The number of hydrogen-bond acceptors (Lipinski definition) is 3. The molecule has 0 unspecified atom stereocenters. The van der Waals surface area contributed by atoms with Crippen molar-refractivity contribution in [2.75, 3.05) is 10.6 Å². The second-order valence-electron chi connectivity index (χ2n) is 5.87. The SMILES string of the molecule is CC1(C)Cc2cc(Nc3ccc(Cl)cn3)ccc2NC1=O. The van der Waals surface area contributed by atoms with Crippen molar-refractivity contribution in [1.82, 2.24) is 4.98 Å². The van der Waals surface area contributed by atoms with E-state index in [1.54, 1.807) is 12.3 Å². The van der Waals surface area contributed by atoms with Crippen LogP contribution in [0.2, 0.25) is 5.02 Å². The Labute approximate surface area is 128 Å². The summed E-state index contributed by atoms with van der Waals surface area (Å²) in [5.41, 5.74) is 2.56. The van der Waals surface area contributed by atoms with Crippen LogP contribution < -0.4 is 10.6 Å². The van der Waals surface area contributed by atoms with Crippen molar-refractivity contribution in [2.24, 2.45) is 5.41 Å². The van der Waals surface area contributed by atoms with E-state index in [1.807, 2.05) is 38.1 Å². The minimum Gasteiger partial charge on any atom is -0.340 e. The number of rotatable bonds is 2. The molecule has 2 aromatic rings. The highest BCUT2D eigenvalue weighted by Crippen LogP contribution is 2.35. The van der Waals surface area contributed by atoms with Gasteiger partial charge < -0.3 is 10.6 Å². The minimum atomic E-state index is -0.385. The second kappa shape index (κ2) is 5.04. The first kappa shape index (κ1) is 13.9. The Kier molecular flexibility index (Phi) is 3.33. The van der Waals surface area contributed by atoms with Crippen LogP contribution in [0.15, 0.2) is 36.5 Å². The first-order valence-corrected chi connectivity index (χ1v) is 7.15. The number of aromatic nitrogens is 1. The summed E-state index contributed by atoms with van der Waals surface area (Å²) in [4.78, 5) is 16.2. The Hall–Kier alpha value is -2.07. The molecular weight excluding hydrogens is 286 g/mol. The van der Waals surface area contributed by atoms with E-state index in [2.05, 4.69) is 15.6 Å².